The Morgan fingerprint density at radius 1 is 1.38 bits per heavy atom. The summed E-state index contributed by atoms with van der Waals surface area (Å²) in [7, 11) is 0. The van der Waals surface area contributed by atoms with Crippen LogP contribution in [-0.4, -0.2) is 11.1 Å². The van der Waals surface area contributed by atoms with E-state index in [9.17, 15) is 4.79 Å². The van der Waals surface area contributed by atoms with Gasteiger partial charge in [-0.15, -0.1) is 0 Å². The van der Waals surface area contributed by atoms with Gasteiger partial charge in [0.05, 0.1) is 0 Å². The summed E-state index contributed by atoms with van der Waals surface area (Å²) >= 11 is 0. The van der Waals surface area contributed by atoms with Crippen LogP contribution in [0.3, 0.4) is 0 Å². The van der Waals surface area contributed by atoms with E-state index in [4.69, 9.17) is 6.48 Å². The molecule has 13 heavy (non-hydrogen) atoms. The minimum Gasteiger partial charge on any atom is -0.481 e. The summed E-state index contributed by atoms with van der Waals surface area (Å²) < 4.78 is 6.43. The van der Waals surface area contributed by atoms with Gasteiger partial charge in [-0.1, -0.05) is 44.2 Å². The first-order valence-corrected chi connectivity index (χ1v) is 4.27. The molecule has 0 heterocycles. The lowest BCUT2D eigenvalue weighted by molar-refractivity contribution is -0.136. The van der Waals surface area contributed by atoms with Gasteiger partial charge in [0, 0.05) is 7.77 Å². The van der Waals surface area contributed by atoms with E-state index >= 15 is 0 Å². The number of carboxylic acids is 1. The van der Waals surface area contributed by atoms with Crippen molar-refractivity contribution in [2.45, 2.75) is 26.7 Å². The topological polar surface area (TPSA) is 37.3 Å². The Bertz CT molecular complexity index is 257. The van der Waals surface area contributed by atoms with Gasteiger partial charge in [0.15, 0.2) is 0 Å². The van der Waals surface area contributed by atoms with Crippen molar-refractivity contribution in [3.05, 3.63) is 35.9 Å². The molecule has 0 aliphatic heterocycles. The molecule has 0 bridgehead atoms. The van der Waals surface area contributed by atoms with Crippen LogP contribution in [0.15, 0.2) is 30.3 Å². The van der Waals surface area contributed by atoms with Gasteiger partial charge in [-0.3, -0.25) is 4.79 Å². The number of rotatable bonds is 2. The first-order valence-electron chi connectivity index (χ1n) is 4.84. The van der Waals surface area contributed by atoms with Gasteiger partial charge >= 0.3 is 5.97 Å². The highest BCUT2D eigenvalue weighted by atomic mass is 16.4. The van der Waals surface area contributed by atoms with E-state index in [0.717, 1.165) is 6.42 Å². The fraction of sp³-hybridized carbons (Fsp3) is 0.364. The zero-order valence-electron chi connectivity index (χ0n) is 9.03. The normalized spacial score (nSPS) is 12.0. The van der Waals surface area contributed by atoms with Crippen molar-refractivity contribution in [3.8, 4) is 0 Å². The van der Waals surface area contributed by atoms with Gasteiger partial charge in [0.1, 0.15) is 0 Å². The standard InChI is InChI=1S/C8H10.C3H6O2/c1-2-8-6-4-3-5-7-8;1-2-3(4)5/h3-7H,2H2,1H3;2H2,1H3,(H,4,5)/i;2D. The van der Waals surface area contributed by atoms with Crippen LogP contribution in [0.25, 0.3) is 0 Å². The molecule has 0 aliphatic rings. The number of hydrogen-bond donors (Lipinski definition) is 1. The molecule has 1 aromatic carbocycles. The summed E-state index contributed by atoms with van der Waals surface area (Å²) in [5.74, 6) is -1.07. The van der Waals surface area contributed by atoms with Gasteiger partial charge in [-0.25, -0.2) is 0 Å². The summed E-state index contributed by atoms with van der Waals surface area (Å²) in [4.78, 5) is 9.51. The van der Waals surface area contributed by atoms with Crippen LogP contribution in [0.1, 0.15) is 27.2 Å². The average Bonchev–Trinajstić information content (AvgIpc) is 2.20. The Labute approximate surface area is 80.6 Å². The highest BCUT2D eigenvalue weighted by Gasteiger charge is 1.81. The molecular formula is C11H16O2. The predicted molar refractivity (Wildman–Crippen MR) is 53.7 cm³/mol. The fourth-order valence-corrected chi connectivity index (χ4v) is 0.714. The molecule has 0 amide bonds. The molecule has 2 heteroatoms. The maximum atomic E-state index is 9.51. The second-order valence-corrected chi connectivity index (χ2v) is 2.47. The molecule has 1 aromatic rings. The van der Waals surface area contributed by atoms with E-state index in [1.54, 1.807) is 0 Å². The third kappa shape index (κ3) is 7.06. The quantitative estimate of drug-likeness (QED) is 0.761. The van der Waals surface area contributed by atoms with Crippen LogP contribution >= 0.6 is 0 Å². The first kappa shape index (κ1) is 9.78. The average molecular weight is 181 g/mol. The summed E-state index contributed by atoms with van der Waals surface area (Å²) in [6.07, 6.45) is 0.158. The van der Waals surface area contributed by atoms with Crippen molar-refractivity contribution in [2.75, 3.05) is 0 Å². The second-order valence-electron chi connectivity index (χ2n) is 2.47. The number of benzene rings is 1. The molecule has 1 N–H and O–H groups in total. The van der Waals surface area contributed by atoms with Crippen molar-refractivity contribution in [3.63, 3.8) is 0 Å². The molecule has 0 saturated heterocycles. The van der Waals surface area contributed by atoms with E-state index in [1.165, 1.54) is 12.5 Å². The van der Waals surface area contributed by atoms with Crippen molar-refractivity contribution in [1.29, 1.82) is 0 Å². The van der Waals surface area contributed by atoms with Gasteiger partial charge in [-0.2, -0.15) is 0 Å². The van der Waals surface area contributed by atoms with Gasteiger partial charge in [-0.05, 0) is 12.0 Å². The molecule has 1 unspecified atom stereocenters. The van der Waals surface area contributed by atoms with Crippen molar-refractivity contribution < 1.29 is 11.3 Å². The van der Waals surface area contributed by atoms with Crippen LogP contribution in [-0.2, 0) is 11.2 Å². The van der Waals surface area contributed by atoms with Gasteiger partial charge in [0.25, 0.3) is 0 Å². The fourth-order valence-electron chi connectivity index (χ4n) is 0.714. The molecule has 0 spiro atoms. The van der Waals surface area contributed by atoms with E-state index in [2.05, 4.69) is 31.2 Å². The lowest BCUT2D eigenvalue weighted by Gasteiger charge is -1.89. The van der Waals surface area contributed by atoms with E-state index in [0.29, 0.717) is 0 Å². The lowest BCUT2D eigenvalue weighted by atomic mass is 10.2. The molecular weight excluding hydrogens is 164 g/mol. The van der Waals surface area contributed by atoms with E-state index in [1.807, 2.05) is 6.07 Å². The second kappa shape index (κ2) is 7.35. The number of carboxylic acid groups (broad SMARTS) is 1. The number of aliphatic carboxylic acids is 1. The predicted octanol–water partition coefficient (Wildman–Crippen LogP) is 2.73. The van der Waals surface area contributed by atoms with Crippen LogP contribution in [0, 0.1) is 0 Å². The Hall–Kier alpha value is -1.31. The molecule has 0 fully saturated rings. The minimum absolute atomic E-state index is 0.981. The summed E-state index contributed by atoms with van der Waals surface area (Å²) in [6, 6.07) is 10.5. The number of hydrogen-bond acceptors (Lipinski definition) is 1. The van der Waals surface area contributed by atoms with Crippen molar-refractivity contribution in [2.24, 2.45) is 0 Å². The summed E-state index contributed by atoms with van der Waals surface area (Å²) in [5.41, 5.74) is 1.41. The van der Waals surface area contributed by atoms with Gasteiger partial charge < -0.3 is 5.11 Å². The summed E-state index contributed by atoms with van der Waals surface area (Å²) in [6.45, 7) is 3.47. The van der Waals surface area contributed by atoms with Crippen LogP contribution in [0.2, 0.25) is 0 Å². The zero-order chi connectivity index (χ0) is 11.0. The lowest BCUT2D eigenvalue weighted by Crippen LogP contribution is -1.86. The third-order valence-corrected chi connectivity index (χ3v) is 1.50. The molecule has 72 valence electrons. The molecule has 2 nitrogen and oxygen atoms in total. The van der Waals surface area contributed by atoms with Crippen LogP contribution in [0.4, 0.5) is 0 Å². The molecule has 1 rings (SSSR count). The monoisotopic (exact) mass is 181 g/mol. The third-order valence-electron chi connectivity index (χ3n) is 1.50. The van der Waals surface area contributed by atoms with Crippen molar-refractivity contribution >= 4 is 5.97 Å². The molecule has 0 radical (unpaired) electrons. The van der Waals surface area contributed by atoms with E-state index in [-0.39, 0.29) is 0 Å². The van der Waals surface area contributed by atoms with Crippen LogP contribution in [0.5, 0.6) is 0 Å². The zero-order valence-corrected chi connectivity index (χ0v) is 8.03. The Kier molecular flexibility index (Phi) is 5.52. The SMILES string of the molecule is CCc1ccccc1.[2H]C(C)C(=O)O. The Balaban J connectivity index is 0.000000255. The summed E-state index contributed by atoms with van der Waals surface area (Å²) in [5, 5.41) is 7.80. The van der Waals surface area contributed by atoms with Crippen LogP contribution < -0.4 is 0 Å². The smallest absolute Gasteiger partial charge is 0.303 e. The minimum atomic E-state index is -1.07. The molecule has 0 aromatic heterocycles. The Morgan fingerprint density at radius 3 is 2.08 bits per heavy atom. The Morgan fingerprint density at radius 2 is 1.85 bits per heavy atom. The maximum absolute atomic E-state index is 9.51. The van der Waals surface area contributed by atoms with Gasteiger partial charge in [0.2, 0.25) is 0 Å². The highest BCUT2D eigenvalue weighted by molar-refractivity contribution is 5.66. The molecule has 0 aliphatic carbocycles. The number of carbonyl (C=O) groups is 1. The molecule has 1 atom stereocenters. The maximum Gasteiger partial charge on any atom is 0.303 e. The van der Waals surface area contributed by atoms with Crippen molar-refractivity contribution in [1.82, 2.24) is 0 Å². The largest absolute Gasteiger partial charge is 0.481 e. The molecule has 0 saturated carbocycles. The highest BCUT2D eigenvalue weighted by Crippen LogP contribution is 1.96. The van der Waals surface area contributed by atoms with E-state index < -0.39 is 12.4 Å². The number of aryl methyl sites for hydroxylation is 1. The first-order chi connectivity index (χ1) is 6.57.